The number of aryl methyl sites for hydroxylation is 1. The van der Waals surface area contributed by atoms with Gasteiger partial charge in [-0.3, -0.25) is 4.98 Å². The maximum absolute atomic E-state index is 14.1. The van der Waals surface area contributed by atoms with Crippen molar-refractivity contribution in [3.8, 4) is 22.4 Å². The van der Waals surface area contributed by atoms with E-state index in [0.29, 0.717) is 16.7 Å². The lowest BCUT2D eigenvalue weighted by molar-refractivity contribution is -0.103. The van der Waals surface area contributed by atoms with Crippen molar-refractivity contribution in [2.75, 3.05) is 0 Å². The summed E-state index contributed by atoms with van der Waals surface area (Å²) < 4.78 is 14.1. The minimum absolute atomic E-state index is 0.169. The molecule has 0 N–H and O–H groups in total. The predicted octanol–water partition coefficient (Wildman–Crippen LogP) is 11.9. The Kier molecular flexibility index (Phi) is 8.27. The summed E-state index contributed by atoms with van der Waals surface area (Å²) in [6, 6.07) is 18.3. The van der Waals surface area contributed by atoms with Gasteiger partial charge in [-0.15, -0.1) is 0 Å². The van der Waals surface area contributed by atoms with Crippen LogP contribution in [0.15, 0.2) is 54.6 Å². The van der Waals surface area contributed by atoms with Gasteiger partial charge in [-0.2, -0.15) is 0 Å². The van der Waals surface area contributed by atoms with E-state index >= 15 is 0 Å². The summed E-state index contributed by atoms with van der Waals surface area (Å²) in [6.07, 6.45) is 14.9. The molecular weight excluding hydrogens is 549 g/mol. The van der Waals surface area contributed by atoms with E-state index in [-0.39, 0.29) is 5.82 Å². The molecule has 0 spiro atoms. The third-order valence-corrected chi connectivity index (χ3v) is 14.0. The number of hydrogen-bond donors (Lipinski definition) is 0. The highest BCUT2D eigenvalue weighted by molar-refractivity contribution is 5.75. The number of halogens is 1. The SMILES string of the molecule is Cc1ccc(-c2cc(-c3ccc(F)cc3)c3c(n2)C[C@@H]2CC[C@@H]4[C@H](CC[C@]5(C)[C@@H]([C@H](C)CCCC(C)C)CC[C@@H]45)[C@@]2(C)C3)cc1. The Hall–Kier alpha value is -2.48. The van der Waals surface area contributed by atoms with Crippen LogP contribution in [0.3, 0.4) is 0 Å². The van der Waals surface area contributed by atoms with Gasteiger partial charge in [0.25, 0.3) is 0 Å². The molecule has 1 heterocycles. The number of aromatic nitrogens is 1. The smallest absolute Gasteiger partial charge is 0.123 e. The fourth-order valence-corrected chi connectivity index (χ4v) is 11.5. The van der Waals surface area contributed by atoms with Crippen LogP contribution in [0.2, 0.25) is 0 Å². The van der Waals surface area contributed by atoms with Gasteiger partial charge in [0.2, 0.25) is 0 Å². The average Bonchev–Trinajstić information content (AvgIpc) is 3.37. The number of fused-ring (bicyclic) bond motifs is 6. The van der Waals surface area contributed by atoms with Crippen molar-refractivity contribution >= 4 is 0 Å². The lowest BCUT2D eigenvalue weighted by Gasteiger charge is -2.61. The summed E-state index contributed by atoms with van der Waals surface area (Å²) in [6.45, 7) is 14.9. The zero-order valence-electron chi connectivity index (χ0n) is 28.8. The van der Waals surface area contributed by atoms with Crippen LogP contribution in [0.5, 0.6) is 0 Å². The van der Waals surface area contributed by atoms with Crippen LogP contribution in [0.25, 0.3) is 22.4 Å². The van der Waals surface area contributed by atoms with Crippen LogP contribution in [-0.4, -0.2) is 4.98 Å². The summed E-state index contributed by atoms with van der Waals surface area (Å²) in [5.74, 6) is 5.68. The van der Waals surface area contributed by atoms with Gasteiger partial charge in [-0.05, 0) is 145 Å². The minimum atomic E-state index is -0.169. The Balaban J connectivity index is 1.20. The van der Waals surface area contributed by atoms with Gasteiger partial charge in [0.05, 0.1) is 5.69 Å². The van der Waals surface area contributed by atoms with Gasteiger partial charge in [-0.25, -0.2) is 4.39 Å². The highest BCUT2D eigenvalue weighted by Gasteiger charge is 2.60. The molecule has 1 aromatic heterocycles. The number of rotatable bonds is 7. The maximum Gasteiger partial charge on any atom is 0.123 e. The molecule has 0 aliphatic heterocycles. The van der Waals surface area contributed by atoms with E-state index in [0.717, 1.165) is 59.6 Å². The van der Waals surface area contributed by atoms with Gasteiger partial charge in [0.15, 0.2) is 0 Å². The third-order valence-electron chi connectivity index (χ3n) is 14.0. The van der Waals surface area contributed by atoms with Crippen molar-refractivity contribution in [3.63, 3.8) is 0 Å². The van der Waals surface area contributed by atoms with Crippen LogP contribution in [0, 0.1) is 65.0 Å². The van der Waals surface area contributed by atoms with E-state index in [2.05, 4.69) is 71.9 Å². The number of hydrogen-bond acceptors (Lipinski definition) is 1. The van der Waals surface area contributed by atoms with E-state index in [4.69, 9.17) is 4.98 Å². The fraction of sp³-hybridized carbons (Fsp3) is 0.605. The summed E-state index contributed by atoms with van der Waals surface area (Å²) >= 11 is 0. The molecule has 0 bridgehead atoms. The Bertz CT molecular complexity index is 1500. The zero-order valence-corrected chi connectivity index (χ0v) is 28.8. The standard InChI is InChI=1S/C43H56FN/c1-27(2)8-7-9-29(4)37-20-21-38-34-19-16-32-24-41-36(26-43(32,6)39(34)22-23-42(37,38)5)35(30-14-17-33(44)18-15-30)25-40(45-41)31-12-10-28(3)11-13-31/h10-15,17-18,25,27,29,32,34,37-39H,7-9,16,19-24,26H2,1-6H3/t29-,32+,34+,37-,38+,39+,42-,43+/m1/s1. The van der Waals surface area contributed by atoms with Gasteiger partial charge >= 0.3 is 0 Å². The van der Waals surface area contributed by atoms with Crippen LogP contribution < -0.4 is 0 Å². The first-order valence-corrected chi connectivity index (χ1v) is 18.4. The van der Waals surface area contributed by atoms with Crippen LogP contribution in [-0.2, 0) is 12.8 Å². The fourth-order valence-electron chi connectivity index (χ4n) is 11.5. The summed E-state index contributed by atoms with van der Waals surface area (Å²) in [5.41, 5.74) is 9.45. The van der Waals surface area contributed by atoms with Crippen molar-refractivity contribution in [2.24, 2.45) is 52.3 Å². The molecule has 7 rings (SSSR count). The Labute approximate surface area is 272 Å². The molecule has 0 saturated heterocycles. The lowest BCUT2D eigenvalue weighted by Crippen LogP contribution is -2.54. The van der Waals surface area contributed by atoms with Gasteiger partial charge in [-0.1, -0.05) is 95.8 Å². The van der Waals surface area contributed by atoms with E-state index in [1.807, 2.05) is 12.1 Å². The van der Waals surface area contributed by atoms with Crippen LogP contribution >= 0.6 is 0 Å². The molecule has 4 aliphatic carbocycles. The number of pyridine rings is 1. The average molecular weight is 606 g/mol. The second kappa shape index (κ2) is 12.0. The maximum atomic E-state index is 14.1. The van der Waals surface area contributed by atoms with Gasteiger partial charge in [0, 0.05) is 11.3 Å². The van der Waals surface area contributed by atoms with Crippen LogP contribution in [0.1, 0.15) is 109 Å². The van der Waals surface area contributed by atoms with E-state index in [1.165, 1.54) is 85.7 Å². The highest BCUT2D eigenvalue weighted by Crippen LogP contribution is 2.68. The van der Waals surface area contributed by atoms with E-state index in [9.17, 15) is 4.39 Å². The Morgan fingerprint density at radius 1 is 0.822 bits per heavy atom. The molecule has 3 fully saturated rings. The molecule has 2 aromatic carbocycles. The molecule has 240 valence electrons. The first kappa shape index (κ1) is 31.1. The van der Waals surface area contributed by atoms with Crippen molar-refractivity contribution in [3.05, 3.63) is 77.2 Å². The molecule has 4 aliphatic rings. The molecule has 3 saturated carbocycles. The zero-order chi connectivity index (χ0) is 31.5. The third kappa shape index (κ3) is 5.51. The summed E-state index contributed by atoms with van der Waals surface area (Å²) in [5, 5.41) is 0. The molecular formula is C43H56FN. The molecule has 3 aromatic rings. The van der Waals surface area contributed by atoms with Crippen LogP contribution in [0.4, 0.5) is 4.39 Å². The Morgan fingerprint density at radius 2 is 1.53 bits per heavy atom. The molecule has 0 amide bonds. The molecule has 0 radical (unpaired) electrons. The van der Waals surface area contributed by atoms with Crippen molar-refractivity contribution < 1.29 is 4.39 Å². The van der Waals surface area contributed by atoms with Gasteiger partial charge < -0.3 is 0 Å². The molecule has 8 atom stereocenters. The highest BCUT2D eigenvalue weighted by atomic mass is 19.1. The number of nitrogens with zero attached hydrogens (tertiary/aromatic N) is 1. The summed E-state index contributed by atoms with van der Waals surface area (Å²) in [7, 11) is 0. The molecule has 2 heteroatoms. The topological polar surface area (TPSA) is 12.9 Å². The largest absolute Gasteiger partial charge is 0.253 e. The number of benzene rings is 2. The molecule has 1 nitrogen and oxygen atoms in total. The van der Waals surface area contributed by atoms with Crippen molar-refractivity contribution in [1.29, 1.82) is 0 Å². The minimum Gasteiger partial charge on any atom is -0.253 e. The van der Waals surface area contributed by atoms with Crippen molar-refractivity contribution in [2.45, 2.75) is 112 Å². The van der Waals surface area contributed by atoms with E-state index < -0.39 is 0 Å². The molecule has 0 unspecified atom stereocenters. The second-order valence-corrected chi connectivity index (χ2v) is 16.9. The normalized spacial score (nSPS) is 32.8. The lowest BCUT2D eigenvalue weighted by atomic mass is 9.44. The molecule has 45 heavy (non-hydrogen) atoms. The first-order chi connectivity index (χ1) is 21.6. The summed E-state index contributed by atoms with van der Waals surface area (Å²) in [4.78, 5) is 5.40. The van der Waals surface area contributed by atoms with Gasteiger partial charge in [0.1, 0.15) is 5.82 Å². The predicted molar refractivity (Wildman–Crippen MR) is 186 cm³/mol. The Morgan fingerprint density at radius 3 is 2.27 bits per heavy atom. The van der Waals surface area contributed by atoms with E-state index in [1.54, 1.807) is 12.1 Å². The second-order valence-electron chi connectivity index (χ2n) is 16.9. The van der Waals surface area contributed by atoms with Crippen molar-refractivity contribution in [1.82, 2.24) is 4.98 Å². The first-order valence-electron chi connectivity index (χ1n) is 18.4. The quantitative estimate of drug-likeness (QED) is 0.261. The monoisotopic (exact) mass is 605 g/mol.